The van der Waals surface area contributed by atoms with E-state index in [0.717, 1.165) is 32.6 Å². The van der Waals surface area contributed by atoms with Crippen LogP contribution in [-0.2, 0) is 4.74 Å². The number of urea groups is 1. The number of carbonyl (C=O) groups excluding carboxylic acids is 1. The number of methoxy groups -OCH3 is 1. The van der Waals surface area contributed by atoms with Crippen molar-refractivity contribution in [1.29, 1.82) is 0 Å². The second kappa shape index (κ2) is 8.03. The summed E-state index contributed by atoms with van der Waals surface area (Å²) >= 11 is 0. The fourth-order valence-corrected chi connectivity index (χ4v) is 2.61. The van der Waals surface area contributed by atoms with Crippen molar-refractivity contribution in [2.24, 2.45) is 0 Å². The summed E-state index contributed by atoms with van der Waals surface area (Å²) < 4.78 is 4.98. The molecule has 0 unspecified atom stereocenters. The Morgan fingerprint density at radius 1 is 1.18 bits per heavy atom. The number of amides is 2. The standard InChI is InChI=1S/C17H27N3O2/c1-14-5-6-16(13-15(14)2)19-8-10-20(11-9-19)17(21)18-7-4-12-22-3/h5-6,13H,4,7-12H2,1-3H3,(H,18,21). The molecule has 5 heteroatoms. The molecule has 1 fully saturated rings. The minimum atomic E-state index is 0.0378. The van der Waals surface area contributed by atoms with Crippen molar-refractivity contribution in [2.75, 3.05) is 51.3 Å². The van der Waals surface area contributed by atoms with Crippen LogP contribution in [0.3, 0.4) is 0 Å². The molecule has 1 aliphatic heterocycles. The molecule has 1 aromatic rings. The van der Waals surface area contributed by atoms with Gasteiger partial charge >= 0.3 is 6.03 Å². The summed E-state index contributed by atoms with van der Waals surface area (Å²) in [4.78, 5) is 16.3. The zero-order valence-electron chi connectivity index (χ0n) is 13.9. The molecular weight excluding hydrogens is 278 g/mol. The molecule has 1 saturated heterocycles. The third kappa shape index (κ3) is 4.37. The minimum Gasteiger partial charge on any atom is -0.385 e. The number of nitrogens with one attached hydrogen (secondary N) is 1. The van der Waals surface area contributed by atoms with Crippen molar-refractivity contribution in [3.8, 4) is 0 Å². The summed E-state index contributed by atoms with van der Waals surface area (Å²) in [7, 11) is 1.67. The van der Waals surface area contributed by atoms with Gasteiger partial charge < -0.3 is 19.9 Å². The molecule has 0 spiro atoms. The third-order valence-corrected chi connectivity index (χ3v) is 4.22. The zero-order chi connectivity index (χ0) is 15.9. The van der Waals surface area contributed by atoms with Crippen molar-refractivity contribution in [1.82, 2.24) is 10.2 Å². The summed E-state index contributed by atoms with van der Waals surface area (Å²) in [6, 6.07) is 6.61. The van der Waals surface area contributed by atoms with Gasteiger partial charge in [0.05, 0.1) is 0 Å². The second-order valence-corrected chi connectivity index (χ2v) is 5.82. The molecule has 0 saturated carbocycles. The number of hydrogen-bond donors (Lipinski definition) is 1. The lowest BCUT2D eigenvalue weighted by atomic mass is 10.1. The van der Waals surface area contributed by atoms with Crippen molar-refractivity contribution in [3.05, 3.63) is 29.3 Å². The normalized spacial score (nSPS) is 15.0. The van der Waals surface area contributed by atoms with Crippen LogP contribution < -0.4 is 10.2 Å². The molecule has 1 N–H and O–H groups in total. The highest BCUT2D eigenvalue weighted by molar-refractivity contribution is 5.74. The Morgan fingerprint density at radius 2 is 1.91 bits per heavy atom. The van der Waals surface area contributed by atoms with Crippen LogP contribution in [0.25, 0.3) is 0 Å². The van der Waals surface area contributed by atoms with E-state index in [0.29, 0.717) is 13.2 Å². The highest BCUT2D eigenvalue weighted by Gasteiger charge is 2.21. The quantitative estimate of drug-likeness (QED) is 0.848. The Bertz CT molecular complexity index is 497. The average Bonchev–Trinajstić information content (AvgIpc) is 2.54. The van der Waals surface area contributed by atoms with E-state index in [9.17, 15) is 4.79 Å². The Morgan fingerprint density at radius 3 is 2.55 bits per heavy atom. The molecule has 0 bridgehead atoms. The van der Waals surface area contributed by atoms with Gasteiger partial charge in [-0.25, -0.2) is 4.79 Å². The predicted molar refractivity (Wildman–Crippen MR) is 89.6 cm³/mol. The number of piperazine rings is 1. The maximum Gasteiger partial charge on any atom is 0.317 e. The maximum atomic E-state index is 12.1. The van der Waals surface area contributed by atoms with E-state index in [2.05, 4.69) is 42.3 Å². The number of aryl methyl sites for hydroxylation is 2. The highest BCUT2D eigenvalue weighted by Crippen LogP contribution is 2.20. The molecule has 122 valence electrons. The molecule has 0 aromatic heterocycles. The Balaban J connectivity index is 1.79. The topological polar surface area (TPSA) is 44.8 Å². The average molecular weight is 305 g/mol. The molecule has 0 aliphatic carbocycles. The van der Waals surface area contributed by atoms with Crippen molar-refractivity contribution in [2.45, 2.75) is 20.3 Å². The van der Waals surface area contributed by atoms with Gasteiger partial charge in [0, 0.05) is 52.1 Å². The number of nitrogens with zero attached hydrogens (tertiary/aromatic N) is 2. The number of carbonyl (C=O) groups is 1. The summed E-state index contributed by atoms with van der Waals surface area (Å²) in [6.07, 6.45) is 0.852. The van der Waals surface area contributed by atoms with Gasteiger partial charge in [-0.3, -0.25) is 0 Å². The SMILES string of the molecule is COCCCNC(=O)N1CCN(c2ccc(C)c(C)c2)CC1. The highest BCUT2D eigenvalue weighted by atomic mass is 16.5. The smallest absolute Gasteiger partial charge is 0.317 e. The van der Waals surface area contributed by atoms with Gasteiger partial charge in [0.15, 0.2) is 0 Å². The van der Waals surface area contributed by atoms with E-state index in [-0.39, 0.29) is 6.03 Å². The van der Waals surface area contributed by atoms with Crippen molar-refractivity contribution >= 4 is 11.7 Å². The first kappa shape index (κ1) is 16.6. The first-order chi connectivity index (χ1) is 10.6. The van der Waals surface area contributed by atoms with E-state index in [1.807, 2.05) is 4.90 Å². The van der Waals surface area contributed by atoms with E-state index < -0.39 is 0 Å². The lowest BCUT2D eigenvalue weighted by Crippen LogP contribution is -2.52. The van der Waals surface area contributed by atoms with Crippen LogP contribution in [0.2, 0.25) is 0 Å². The van der Waals surface area contributed by atoms with Crippen molar-refractivity contribution < 1.29 is 9.53 Å². The molecule has 2 amide bonds. The van der Waals surface area contributed by atoms with E-state index in [1.165, 1.54) is 16.8 Å². The van der Waals surface area contributed by atoms with Crippen LogP contribution in [-0.4, -0.2) is 57.4 Å². The summed E-state index contributed by atoms with van der Waals surface area (Å²) in [5, 5.41) is 2.95. The first-order valence-corrected chi connectivity index (χ1v) is 7.95. The predicted octanol–water partition coefficient (Wildman–Crippen LogP) is 2.17. The van der Waals surface area contributed by atoms with Gasteiger partial charge in [-0.05, 0) is 43.5 Å². The maximum absolute atomic E-state index is 12.1. The van der Waals surface area contributed by atoms with E-state index in [4.69, 9.17) is 4.74 Å². The number of rotatable bonds is 5. The van der Waals surface area contributed by atoms with Crippen LogP contribution in [0.4, 0.5) is 10.5 Å². The van der Waals surface area contributed by atoms with Crippen LogP contribution in [0.15, 0.2) is 18.2 Å². The number of benzene rings is 1. The molecule has 2 rings (SSSR count). The number of anilines is 1. The third-order valence-electron chi connectivity index (χ3n) is 4.22. The van der Waals surface area contributed by atoms with E-state index >= 15 is 0 Å². The molecule has 1 heterocycles. The summed E-state index contributed by atoms with van der Waals surface area (Å²) in [5.74, 6) is 0. The molecule has 22 heavy (non-hydrogen) atoms. The Kier molecular flexibility index (Phi) is 6.07. The molecule has 5 nitrogen and oxygen atoms in total. The van der Waals surface area contributed by atoms with Crippen molar-refractivity contribution in [3.63, 3.8) is 0 Å². The van der Waals surface area contributed by atoms with Gasteiger partial charge in [0.1, 0.15) is 0 Å². The van der Waals surface area contributed by atoms with E-state index in [1.54, 1.807) is 7.11 Å². The fourth-order valence-electron chi connectivity index (χ4n) is 2.61. The van der Waals surface area contributed by atoms with Crippen LogP contribution in [0.1, 0.15) is 17.5 Å². The summed E-state index contributed by atoms with van der Waals surface area (Å²) in [5.41, 5.74) is 3.89. The Labute approximate surface area is 133 Å². The van der Waals surface area contributed by atoms with Crippen LogP contribution in [0, 0.1) is 13.8 Å². The zero-order valence-corrected chi connectivity index (χ0v) is 13.9. The van der Waals surface area contributed by atoms with Gasteiger partial charge in [0.2, 0.25) is 0 Å². The molecular formula is C17H27N3O2. The first-order valence-electron chi connectivity index (χ1n) is 7.95. The molecule has 1 aliphatic rings. The van der Waals surface area contributed by atoms with Gasteiger partial charge in [-0.2, -0.15) is 0 Å². The van der Waals surface area contributed by atoms with Gasteiger partial charge in [-0.15, -0.1) is 0 Å². The minimum absolute atomic E-state index is 0.0378. The van der Waals surface area contributed by atoms with Gasteiger partial charge in [-0.1, -0.05) is 6.07 Å². The monoisotopic (exact) mass is 305 g/mol. The Hall–Kier alpha value is -1.75. The number of ether oxygens (including phenoxy) is 1. The lowest BCUT2D eigenvalue weighted by Gasteiger charge is -2.36. The van der Waals surface area contributed by atoms with Crippen LogP contribution in [0.5, 0.6) is 0 Å². The second-order valence-electron chi connectivity index (χ2n) is 5.82. The lowest BCUT2D eigenvalue weighted by molar-refractivity contribution is 0.183. The van der Waals surface area contributed by atoms with Crippen LogP contribution >= 0.6 is 0 Å². The number of hydrogen-bond acceptors (Lipinski definition) is 3. The molecule has 0 atom stereocenters. The molecule has 1 aromatic carbocycles. The summed E-state index contributed by atoms with van der Waals surface area (Å²) in [6.45, 7) is 8.92. The molecule has 0 radical (unpaired) electrons. The van der Waals surface area contributed by atoms with Gasteiger partial charge in [0.25, 0.3) is 0 Å². The fraction of sp³-hybridized carbons (Fsp3) is 0.588. The largest absolute Gasteiger partial charge is 0.385 e.